The zero-order chi connectivity index (χ0) is 99.0. The van der Waals surface area contributed by atoms with Crippen molar-refractivity contribution >= 4 is 141 Å². The Balaban J connectivity index is 0.000000124. The Morgan fingerprint density at radius 1 is 0.288 bits per heavy atom. The first-order valence-electron chi connectivity index (χ1n) is 49.3. The first-order valence-corrected chi connectivity index (χ1v) is 49.3. The number of fused-ring (bicyclic) bond motifs is 30. The van der Waals surface area contributed by atoms with Crippen molar-refractivity contribution < 1.29 is 80.1 Å². The summed E-state index contributed by atoms with van der Waals surface area (Å²) in [6, 6.07) is 137. The van der Waals surface area contributed by atoms with Gasteiger partial charge in [0.05, 0.1) is 11.5 Å². The van der Waals surface area contributed by atoms with E-state index in [4.69, 9.17) is 20.1 Å². The summed E-state index contributed by atoms with van der Waals surface area (Å²) in [5.41, 5.74) is 26.3. The molecule has 0 saturated carbocycles. The van der Waals surface area contributed by atoms with Gasteiger partial charge in [-0.15, -0.1) is 124 Å². The van der Waals surface area contributed by atoms with Crippen molar-refractivity contribution in [1.82, 2.24) is 19.9 Å². The van der Waals surface area contributed by atoms with Gasteiger partial charge in [0.15, 0.2) is 11.6 Å². The standard InChI is InChI=1S/3C36H24N.C13H12N.C9H16O2.C5H8O2.3Ir/c3*1-36(2)33-19-23(35-24-10-4-3-9-22(24)17-18-37-35)15-16-29(33)32-20-30-27-13-7-5-11-25(27)26-12-6-8-14-28(26)31(30)21-34(32)36;1-10-8-13(14-9-11(10)2)12-6-4-3-5-7-12;1-6(2)8(10)5-9(11)7(3)4;1-4(6)3-5(2)7;;;/h3*3-14,16-21H,1-2H3;3-6,8-9H,1-2H3;5-7,10H,1-4H3;3,6H,1-2H3;;;/q4*-1;;;;;. The molecule has 0 aliphatic heterocycles. The third-order valence-corrected chi connectivity index (χ3v) is 29.4. The van der Waals surface area contributed by atoms with Crippen LogP contribution < -0.4 is 0 Å². The van der Waals surface area contributed by atoms with Gasteiger partial charge in [0.25, 0.3) is 0 Å². The van der Waals surface area contributed by atoms with Crippen LogP contribution in [0.15, 0.2) is 388 Å². The van der Waals surface area contributed by atoms with Crippen LogP contribution in [0.1, 0.15) is 128 Å². The van der Waals surface area contributed by atoms with E-state index in [1.807, 2.05) is 76.7 Å². The molecule has 4 heterocycles. The van der Waals surface area contributed by atoms with Gasteiger partial charge in [-0.3, -0.25) is 9.59 Å². The SMILES string of the molecule is CC(=O)C=C(C)O.CC(C)C(=O)C=C(O)C(C)C.CC1(C)c2cc(-c3nccc4ccccc34)[c-]cc2-c2cc3c4ccccc4c4ccccc4c3cc21.CC1(C)c2cc(-c3nccc4ccccc34)[c-]cc2-c2cc3c4ccccc4c4ccccc4c3cc21.CC1(C)c2cc(-c3nccc4ccccc34)[c-]cc2-c2cc3c4ccccc4c4ccccc4c3cc21.Cc1cnc(-c2[c-]cccc2)cc1C.[Ir].[Ir].[Ir]. The van der Waals surface area contributed by atoms with Crippen LogP contribution in [0, 0.1) is 49.9 Å². The molecular formula is C135H108Ir3N4O4-4. The van der Waals surface area contributed by atoms with Crippen molar-refractivity contribution in [2.24, 2.45) is 11.8 Å². The van der Waals surface area contributed by atoms with Crippen molar-refractivity contribution in [3.8, 4) is 78.4 Å². The zero-order valence-electron chi connectivity index (χ0n) is 84.0. The summed E-state index contributed by atoms with van der Waals surface area (Å²) in [5.74, 6) is 0.0981. The Kier molecular flexibility index (Phi) is 28.7. The van der Waals surface area contributed by atoms with Gasteiger partial charge < -0.3 is 30.1 Å². The Hall–Kier alpha value is -14.7. The molecule has 0 saturated heterocycles. The molecule has 8 nitrogen and oxygen atoms in total. The molecule has 26 rings (SSSR count). The van der Waals surface area contributed by atoms with E-state index in [-0.39, 0.29) is 111 Å². The van der Waals surface area contributed by atoms with Crippen LogP contribution in [-0.4, -0.2) is 41.7 Å². The number of rotatable bonds is 8. The number of pyridine rings is 4. The molecule has 3 radical (unpaired) electrons. The number of carbonyl (C=O) groups excluding carboxylic acids is 2. The van der Waals surface area contributed by atoms with E-state index >= 15 is 0 Å². The molecule has 3 aliphatic carbocycles. The maximum Gasteiger partial charge on any atom is 0.161 e. The number of hydrogen-bond donors (Lipinski definition) is 2. The van der Waals surface area contributed by atoms with Crippen molar-refractivity contribution in [2.75, 3.05) is 0 Å². The average Bonchev–Trinajstić information content (AvgIpc) is 1.55. The number of aromatic nitrogens is 4. The summed E-state index contributed by atoms with van der Waals surface area (Å²) >= 11 is 0. The molecule has 0 fully saturated rings. The minimum absolute atomic E-state index is 0. The molecular weight excluding hydrogens is 2320 g/mol. The van der Waals surface area contributed by atoms with Crippen LogP contribution in [-0.2, 0) is 86.2 Å². The van der Waals surface area contributed by atoms with Crippen molar-refractivity contribution in [3.05, 3.63) is 457 Å². The number of hydrogen-bond acceptors (Lipinski definition) is 8. The summed E-state index contributed by atoms with van der Waals surface area (Å²) < 4.78 is 0. The van der Waals surface area contributed by atoms with E-state index in [0.717, 1.165) is 61.2 Å². The predicted octanol–water partition coefficient (Wildman–Crippen LogP) is 34.9. The first-order chi connectivity index (χ1) is 69.2. The second-order valence-electron chi connectivity index (χ2n) is 40.3. The molecule has 11 heteroatoms. The molecule has 0 amide bonds. The number of allylic oxidation sites excluding steroid dienone is 4. The number of carbonyl (C=O) groups is 2. The van der Waals surface area contributed by atoms with Gasteiger partial charge in [0.2, 0.25) is 0 Å². The Morgan fingerprint density at radius 3 is 0.822 bits per heavy atom. The molecule has 23 aromatic rings. The minimum Gasteiger partial charge on any atom is -0.512 e. The maximum atomic E-state index is 11.0. The van der Waals surface area contributed by atoms with Crippen molar-refractivity contribution in [3.63, 3.8) is 0 Å². The predicted molar refractivity (Wildman–Crippen MR) is 599 cm³/mol. The minimum atomic E-state index is -0.125. The second-order valence-corrected chi connectivity index (χ2v) is 40.3. The van der Waals surface area contributed by atoms with E-state index < -0.39 is 0 Å². The Morgan fingerprint density at radius 2 is 0.562 bits per heavy atom. The van der Waals surface area contributed by atoms with Crippen molar-refractivity contribution in [1.29, 1.82) is 0 Å². The third-order valence-electron chi connectivity index (χ3n) is 29.4. The molecule has 723 valence electrons. The second kappa shape index (κ2) is 41.4. The summed E-state index contributed by atoms with van der Waals surface area (Å²) in [6.45, 7) is 28.5. The molecule has 2 N–H and O–H groups in total. The van der Waals surface area contributed by atoms with Crippen LogP contribution in [0.5, 0.6) is 0 Å². The number of aliphatic hydroxyl groups is 2. The fourth-order valence-electron chi connectivity index (χ4n) is 21.7. The fraction of sp³-hybridized carbons (Fsp3) is 0.141. The third kappa shape index (κ3) is 18.6. The number of aryl methyl sites for hydroxylation is 2. The van der Waals surface area contributed by atoms with Gasteiger partial charge in [0, 0.05) is 109 Å². The van der Waals surface area contributed by atoms with Gasteiger partial charge in [-0.05, 0) is 255 Å². The Bertz CT molecular complexity index is 8480. The average molecular weight is 2430 g/mol. The van der Waals surface area contributed by atoms with Crippen molar-refractivity contribution in [2.45, 2.75) is 113 Å². The van der Waals surface area contributed by atoms with Gasteiger partial charge in [-0.1, -0.05) is 351 Å². The topological polar surface area (TPSA) is 126 Å². The summed E-state index contributed by atoms with van der Waals surface area (Å²) in [7, 11) is 0. The zero-order valence-corrected chi connectivity index (χ0v) is 91.1. The normalized spacial score (nSPS) is 13.0. The molecule has 3 aliphatic rings. The van der Waals surface area contributed by atoms with E-state index in [9.17, 15) is 14.7 Å². The van der Waals surface area contributed by atoms with E-state index in [1.165, 1.54) is 217 Å². The van der Waals surface area contributed by atoms with Crippen LogP contribution >= 0.6 is 0 Å². The van der Waals surface area contributed by atoms with Gasteiger partial charge in [0.1, 0.15) is 0 Å². The molecule has 0 spiro atoms. The largest absolute Gasteiger partial charge is 0.512 e. The molecule has 146 heavy (non-hydrogen) atoms. The quantitative estimate of drug-likeness (QED) is 0.0667. The molecule has 0 unspecified atom stereocenters. The number of nitrogens with zero attached hydrogens (tertiary/aromatic N) is 4. The van der Waals surface area contributed by atoms with E-state index in [2.05, 4.69) is 400 Å². The number of benzene rings is 19. The molecule has 19 aromatic carbocycles. The number of aliphatic hydroxyl groups excluding tert-OH is 2. The molecule has 4 aromatic heterocycles. The van der Waals surface area contributed by atoms with Gasteiger partial charge in [-0.25, -0.2) is 0 Å². The summed E-state index contributed by atoms with van der Waals surface area (Å²) in [5, 5.41) is 48.4. The summed E-state index contributed by atoms with van der Waals surface area (Å²) in [6.07, 6.45) is 10.1. The molecule has 0 atom stereocenters. The fourth-order valence-corrected chi connectivity index (χ4v) is 21.7. The van der Waals surface area contributed by atoms with Crippen LogP contribution in [0.2, 0.25) is 0 Å². The number of ketones is 2. The first kappa shape index (κ1) is 101. The van der Waals surface area contributed by atoms with E-state index in [0.29, 0.717) is 0 Å². The van der Waals surface area contributed by atoms with Crippen LogP contribution in [0.25, 0.3) is 208 Å². The van der Waals surface area contributed by atoms with Crippen LogP contribution in [0.3, 0.4) is 0 Å². The molecule has 0 bridgehead atoms. The monoisotopic (exact) mass is 2430 g/mol. The smallest absolute Gasteiger partial charge is 0.161 e. The maximum absolute atomic E-state index is 11.0. The van der Waals surface area contributed by atoms with Gasteiger partial charge >= 0.3 is 0 Å². The van der Waals surface area contributed by atoms with Gasteiger partial charge in [-0.2, -0.15) is 0 Å². The van der Waals surface area contributed by atoms with Crippen LogP contribution in [0.4, 0.5) is 0 Å². The van der Waals surface area contributed by atoms with E-state index in [1.54, 1.807) is 0 Å². The Labute approximate surface area is 893 Å². The summed E-state index contributed by atoms with van der Waals surface area (Å²) in [4.78, 5) is 39.8.